The van der Waals surface area contributed by atoms with E-state index < -0.39 is 6.04 Å². The number of hydrogen-bond acceptors (Lipinski definition) is 3. The number of hydrogen-bond donors (Lipinski definition) is 1. The van der Waals surface area contributed by atoms with Crippen molar-refractivity contribution < 1.29 is 9.59 Å². The summed E-state index contributed by atoms with van der Waals surface area (Å²) in [5.74, 6) is -0.0340. The van der Waals surface area contributed by atoms with Gasteiger partial charge in [0.15, 0.2) is 0 Å². The van der Waals surface area contributed by atoms with E-state index >= 15 is 0 Å². The third-order valence-electron chi connectivity index (χ3n) is 1.98. The first-order chi connectivity index (χ1) is 6.02. The second-order valence-electron chi connectivity index (χ2n) is 3.12. The molecule has 0 bridgehead atoms. The molecule has 5 nitrogen and oxygen atoms in total. The number of rotatable bonds is 1. The third kappa shape index (κ3) is 2.05. The maximum atomic E-state index is 11.4. The minimum atomic E-state index is -0.465. The van der Waals surface area contributed by atoms with E-state index in [9.17, 15) is 9.59 Å². The summed E-state index contributed by atoms with van der Waals surface area (Å²) in [7, 11) is 1.47. The van der Waals surface area contributed by atoms with Crippen molar-refractivity contribution in [2.75, 3.05) is 7.05 Å². The summed E-state index contributed by atoms with van der Waals surface area (Å²) in [6.07, 6.45) is 0.834. The number of carbonyl (C=O) groups excluding carboxylic acids is 2. The smallest absolute Gasteiger partial charge is 0.253 e. The Hall–Kier alpha value is -1.39. The van der Waals surface area contributed by atoms with Crippen molar-refractivity contribution in [1.29, 1.82) is 0 Å². The Balaban J connectivity index is 2.76. The van der Waals surface area contributed by atoms with E-state index in [0.29, 0.717) is 18.7 Å². The van der Waals surface area contributed by atoms with E-state index in [0.717, 1.165) is 4.90 Å². The molecule has 0 aromatic heterocycles. The summed E-state index contributed by atoms with van der Waals surface area (Å²) in [5, 5.41) is 0. The second-order valence-corrected chi connectivity index (χ2v) is 3.12. The quantitative estimate of drug-likeness (QED) is 0.338. The number of nitrogens with two attached hydrogens (primary N) is 1. The number of piperidine rings is 1. The van der Waals surface area contributed by atoms with E-state index in [1.165, 1.54) is 7.05 Å². The van der Waals surface area contributed by atoms with Crippen LogP contribution in [0.1, 0.15) is 19.8 Å². The number of imide groups is 1. The van der Waals surface area contributed by atoms with Crippen molar-refractivity contribution in [3.8, 4) is 0 Å². The van der Waals surface area contributed by atoms with Gasteiger partial charge in [0.1, 0.15) is 6.04 Å². The van der Waals surface area contributed by atoms with Crippen molar-refractivity contribution >= 4 is 17.6 Å². The maximum absolute atomic E-state index is 11.4. The molecule has 1 fully saturated rings. The Kier molecular flexibility index (Phi) is 2.65. The van der Waals surface area contributed by atoms with Crippen LogP contribution in [0, 0.1) is 0 Å². The van der Waals surface area contributed by atoms with E-state index in [-0.39, 0.29) is 11.8 Å². The van der Waals surface area contributed by atoms with Crippen LogP contribution in [0.5, 0.6) is 0 Å². The van der Waals surface area contributed by atoms with E-state index in [1.54, 1.807) is 6.92 Å². The van der Waals surface area contributed by atoms with Crippen LogP contribution in [-0.2, 0) is 9.59 Å². The number of nitrogens with zero attached hydrogens (tertiary/aromatic N) is 2. The Bertz CT molecular complexity index is 269. The minimum absolute atomic E-state index is 0.147. The predicted molar refractivity (Wildman–Crippen MR) is 48.1 cm³/mol. The van der Waals surface area contributed by atoms with Crippen LogP contribution in [0.3, 0.4) is 0 Å². The molecule has 0 aliphatic carbocycles. The van der Waals surface area contributed by atoms with Gasteiger partial charge in [-0.1, -0.05) is 0 Å². The number of likely N-dealkylation sites (N-methyl/N-ethyl adjacent to an activating group) is 1. The van der Waals surface area contributed by atoms with Gasteiger partial charge in [-0.25, -0.2) is 0 Å². The summed E-state index contributed by atoms with van der Waals surface area (Å²) in [4.78, 5) is 27.5. The Morgan fingerprint density at radius 2 is 2.23 bits per heavy atom. The molecule has 5 heteroatoms. The summed E-state index contributed by atoms with van der Waals surface area (Å²) in [5.41, 5.74) is 5.36. The molecular formula is C8H13N3O2. The van der Waals surface area contributed by atoms with Gasteiger partial charge in [0.2, 0.25) is 5.91 Å². The lowest BCUT2D eigenvalue weighted by atomic mass is 10.1. The molecule has 1 heterocycles. The van der Waals surface area contributed by atoms with E-state index in [1.807, 2.05) is 0 Å². The van der Waals surface area contributed by atoms with Gasteiger partial charge in [-0.3, -0.25) is 19.5 Å². The fourth-order valence-corrected chi connectivity index (χ4v) is 1.26. The molecule has 0 aromatic carbocycles. The highest BCUT2D eigenvalue weighted by Crippen LogP contribution is 2.14. The average Bonchev–Trinajstić information content (AvgIpc) is 2.06. The van der Waals surface area contributed by atoms with Gasteiger partial charge in [-0.05, 0) is 13.3 Å². The molecule has 1 aliphatic rings. The molecule has 0 aromatic rings. The molecule has 1 saturated heterocycles. The second kappa shape index (κ2) is 3.55. The fourth-order valence-electron chi connectivity index (χ4n) is 1.26. The number of amidine groups is 1. The lowest BCUT2D eigenvalue weighted by Gasteiger charge is -2.25. The third-order valence-corrected chi connectivity index (χ3v) is 1.98. The molecule has 2 N–H and O–H groups in total. The molecule has 72 valence electrons. The molecule has 0 spiro atoms. The number of carbonyl (C=O) groups is 2. The van der Waals surface area contributed by atoms with Crippen molar-refractivity contribution in [2.45, 2.75) is 25.8 Å². The zero-order valence-corrected chi connectivity index (χ0v) is 7.78. The first-order valence-corrected chi connectivity index (χ1v) is 4.12. The summed E-state index contributed by atoms with van der Waals surface area (Å²) in [6, 6.07) is -0.465. The molecule has 0 radical (unpaired) electrons. The van der Waals surface area contributed by atoms with E-state index in [2.05, 4.69) is 4.99 Å². The Labute approximate surface area is 76.6 Å². The Morgan fingerprint density at radius 1 is 1.62 bits per heavy atom. The number of aliphatic imine (C=N–C) groups is 1. The summed E-state index contributed by atoms with van der Waals surface area (Å²) < 4.78 is 0. The van der Waals surface area contributed by atoms with Crippen LogP contribution in [0.4, 0.5) is 0 Å². The van der Waals surface area contributed by atoms with Gasteiger partial charge in [0.25, 0.3) is 5.91 Å². The molecule has 1 aliphatic heterocycles. The van der Waals surface area contributed by atoms with Crippen LogP contribution in [0.15, 0.2) is 4.99 Å². The van der Waals surface area contributed by atoms with Crippen LogP contribution in [0.25, 0.3) is 0 Å². The van der Waals surface area contributed by atoms with Crippen molar-refractivity contribution in [3.05, 3.63) is 0 Å². The van der Waals surface area contributed by atoms with Crippen molar-refractivity contribution in [2.24, 2.45) is 10.7 Å². The average molecular weight is 183 g/mol. The predicted octanol–water partition coefficient (Wildman–Crippen LogP) is -0.489. The summed E-state index contributed by atoms with van der Waals surface area (Å²) >= 11 is 0. The first-order valence-electron chi connectivity index (χ1n) is 4.12. The SMILES string of the molecule is CC(N)=NC1CCC(=O)N(C)C1=O. The molecule has 2 amide bonds. The highest BCUT2D eigenvalue weighted by molar-refractivity contribution is 6.01. The molecule has 1 atom stereocenters. The molecule has 1 rings (SSSR count). The zero-order chi connectivity index (χ0) is 10.0. The van der Waals surface area contributed by atoms with Gasteiger partial charge in [-0.15, -0.1) is 0 Å². The lowest BCUT2D eigenvalue weighted by molar-refractivity contribution is -0.147. The zero-order valence-electron chi connectivity index (χ0n) is 7.78. The van der Waals surface area contributed by atoms with Crippen molar-refractivity contribution in [3.63, 3.8) is 0 Å². The monoisotopic (exact) mass is 183 g/mol. The van der Waals surface area contributed by atoms with Crippen LogP contribution >= 0.6 is 0 Å². The van der Waals surface area contributed by atoms with Crippen LogP contribution in [-0.4, -0.2) is 35.6 Å². The van der Waals surface area contributed by atoms with Gasteiger partial charge in [0.05, 0.1) is 5.84 Å². The van der Waals surface area contributed by atoms with Crippen LogP contribution < -0.4 is 5.73 Å². The first kappa shape index (κ1) is 9.70. The molecular weight excluding hydrogens is 170 g/mol. The molecule has 0 saturated carbocycles. The van der Waals surface area contributed by atoms with Crippen molar-refractivity contribution in [1.82, 2.24) is 4.90 Å². The van der Waals surface area contributed by atoms with E-state index in [4.69, 9.17) is 5.73 Å². The maximum Gasteiger partial charge on any atom is 0.253 e. The van der Waals surface area contributed by atoms with Gasteiger partial charge in [0, 0.05) is 13.5 Å². The highest BCUT2D eigenvalue weighted by atomic mass is 16.2. The lowest BCUT2D eigenvalue weighted by Crippen LogP contribution is -2.44. The van der Waals surface area contributed by atoms with Gasteiger partial charge in [-0.2, -0.15) is 0 Å². The number of likely N-dealkylation sites (tertiary alicyclic amines) is 1. The fraction of sp³-hybridized carbons (Fsp3) is 0.625. The highest BCUT2D eigenvalue weighted by Gasteiger charge is 2.31. The normalized spacial score (nSPS) is 25.2. The summed E-state index contributed by atoms with van der Waals surface area (Å²) in [6.45, 7) is 1.63. The topological polar surface area (TPSA) is 75.8 Å². The largest absolute Gasteiger partial charge is 0.388 e. The molecule has 13 heavy (non-hydrogen) atoms. The van der Waals surface area contributed by atoms with Gasteiger partial charge >= 0.3 is 0 Å². The minimum Gasteiger partial charge on any atom is -0.388 e. The Morgan fingerprint density at radius 3 is 2.77 bits per heavy atom. The molecule has 1 unspecified atom stereocenters. The van der Waals surface area contributed by atoms with Gasteiger partial charge < -0.3 is 5.73 Å². The standard InChI is InChI=1S/C8H13N3O2/c1-5(9)10-6-3-4-7(12)11(2)8(6)13/h6H,3-4H2,1-2H3,(H2,9,10). The number of amides is 2. The van der Waals surface area contributed by atoms with Crippen LogP contribution in [0.2, 0.25) is 0 Å².